The van der Waals surface area contributed by atoms with E-state index in [1.807, 2.05) is 25.1 Å². The summed E-state index contributed by atoms with van der Waals surface area (Å²) in [5, 5.41) is 3.30. The molecule has 3 aliphatic rings. The summed E-state index contributed by atoms with van der Waals surface area (Å²) in [6.45, 7) is 5.08. The van der Waals surface area contributed by atoms with Crippen molar-refractivity contribution in [2.75, 3.05) is 55.4 Å². The van der Waals surface area contributed by atoms with Crippen molar-refractivity contribution in [3.8, 4) is 0 Å². The van der Waals surface area contributed by atoms with Gasteiger partial charge in [0.15, 0.2) is 5.82 Å². The number of aromatic nitrogens is 1. The number of carbonyl (C=O) groups is 1. The molecule has 35 heavy (non-hydrogen) atoms. The summed E-state index contributed by atoms with van der Waals surface area (Å²) < 4.78 is 27.6. The van der Waals surface area contributed by atoms with Gasteiger partial charge in [0, 0.05) is 31.9 Å². The Hall–Kier alpha value is -2.69. The first kappa shape index (κ1) is 24.0. The summed E-state index contributed by atoms with van der Waals surface area (Å²) in [6.07, 6.45) is 3.76. The SMILES string of the molecule is CC1C(=O)N(C)c2ccc(Nc3cccc(S(=O)(=O)N4CCCC4)c3)nc2N1C1CCN(C)CC1. The highest BCUT2D eigenvalue weighted by Crippen LogP contribution is 2.38. The minimum Gasteiger partial charge on any atom is -0.340 e. The highest BCUT2D eigenvalue weighted by molar-refractivity contribution is 7.89. The Morgan fingerprint density at radius 3 is 2.43 bits per heavy atom. The summed E-state index contributed by atoms with van der Waals surface area (Å²) in [6, 6.07) is 10.6. The summed E-state index contributed by atoms with van der Waals surface area (Å²) in [5.41, 5.74) is 1.46. The number of fused-ring (bicyclic) bond motifs is 1. The van der Waals surface area contributed by atoms with E-state index in [-0.39, 0.29) is 22.9 Å². The summed E-state index contributed by atoms with van der Waals surface area (Å²) in [5.74, 6) is 1.48. The molecule has 1 aromatic carbocycles. The minimum absolute atomic E-state index is 0.0683. The van der Waals surface area contributed by atoms with Crippen LogP contribution in [-0.2, 0) is 14.8 Å². The predicted molar refractivity (Wildman–Crippen MR) is 138 cm³/mol. The number of pyridine rings is 1. The molecule has 188 valence electrons. The van der Waals surface area contributed by atoms with E-state index >= 15 is 0 Å². The lowest BCUT2D eigenvalue weighted by Gasteiger charge is -2.45. The van der Waals surface area contributed by atoms with Crippen molar-refractivity contribution < 1.29 is 13.2 Å². The van der Waals surface area contributed by atoms with Crippen LogP contribution < -0.4 is 15.1 Å². The van der Waals surface area contributed by atoms with Gasteiger partial charge in [0.2, 0.25) is 15.9 Å². The molecule has 1 N–H and O–H groups in total. The molecule has 0 saturated carbocycles. The zero-order valence-corrected chi connectivity index (χ0v) is 21.5. The van der Waals surface area contributed by atoms with E-state index in [2.05, 4.69) is 22.2 Å². The summed E-state index contributed by atoms with van der Waals surface area (Å²) >= 11 is 0. The minimum atomic E-state index is -3.50. The molecule has 1 aromatic heterocycles. The maximum atomic E-state index is 13.0. The number of carbonyl (C=O) groups excluding carboxylic acids is 1. The second-order valence-corrected chi connectivity index (χ2v) is 11.8. The number of rotatable bonds is 5. The number of nitrogens with one attached hydrogen (secondary N) is 1. The van der Waals surface area contributed by atoms with E-state index in [0.29, 0.717) is 24.6 Å². The number of sulfonamides is 1. The number of benzene rings is 1. The van der Waals surface area contributed by atoms with Gasteiger partial charge < -0.3 is 20.0 Å². The van der Waals surface area contributed by atoms with Crippen LogP contribution in [0.3, 0.4) is 0 Å². The molecular weight excluding hydrogens is 464 g/mol. The molecule has 0 spiro atoms. The second kappa shape index (κ2) is 9.40. The lowest BCUT2D eigenvalue weighted by molar-refractivity contribution is -0.119. The second-order valence-electron chi connectivity index (χ2n) is 9.82. The lowest BCUT2D eigenvalue weighted by Crippen LogP contribution is -2.57. The zero-order valence-electron chi connectivity index (χ0n) is 20.6. The van der Waals surface area contributed by atoms with Crippen LogP contribution in [-0.4, -0.2) is 80.9 Å². The first-order chi connectivity index (χ1) is 16.8. The normalized spacial score (nSPS) is 22.5. The molecule has 0 radical (unpaired) electrons. The fourth-order valence-corrected chi connectivity index (χ4v) is 6.95. The summed E-state index contributed by atoms with van der Waals surface area (Å²) in [4.78, 5) is 24.4. The molecule has 0 aliphatic carbocycles. The first-order valence-corrected chi connectivity index (χ1v) is 13.8. The van der Waals surface area contributed by atoms with Crippen molar-refractivity contribution in [1.29, 1.82) is 0 Å². The topological polar surface area (TPSA) is 89.1 Å². The van der Waals surface area contributed by atoms with Gasteiger partial charge in [-0.05, 0) is 83.1 Å². The fourth-order valence-electron chi connectivity index (χ4n) is 5.39. The number of hydrogen-bond donors (Lipinski definition) is 1. The molecule has 0 bridgehead atoms. The standard InChI is InChI=1S/C25H34N6O3S/c1-18-25(32)29(3)22-9-10-23(27-24(22)31(18)20-11-15-28(2)16-12-20)26-19-7-6-8-21(17-19)35(33,34)30-13-4-5-14-30/h6-10,17-18,20H,4-5,11-16H2,1-3H3,(H,26,27). The van der Waals surface area contributed by atoms with Crippen molar-refractivity contribution in [2.24, 2.45) is 0 Å². The molecule has 2 saturated heterocycles. The smallest absolute Gasteiger partial charge is 0.249 e. The van der Waals surface area contributed by atoms with Crippen LogP contribution in [0.4, 0.5) is 23.0 Å². The Morgan fingerprint density at radius 2 is 1.71 bits per heavy atom. The highest BCUT2D eigenvalue weighted by Gasteiger charge is 2.39. The number of nitrogens with zero attached hydrogens (tertiary/aromatic N) is 5. The van der Waals surface area contributed by atoms with Crippen molar-refractivity contribution in [2.45, 2.75) is 49.6 Å². The number of anilines is 4. The molecule has 4 heterocycles. The zero-order chi connectivity index (χ0) is 24.7. The van der Waals surface area contributed by atoms with Crippen LogP contribution in [0.5, 0.6) is 0 Å². The van der Waals surface area contributed by atoms with E-state index in [1.54, 1.807) is 34.5 Å². The van der Waals surface area contributed by atoms with Gasteiger partial charge in [-0.25, -0.2) is 13.4 Å². The lowest BCUT2D eigenvalue weighted by atomic mass is 9.99. The number of likely N-dealkylation sites (tertiary alicyclic amines) is 1. The van der Waals surface area contributed by atoms with Gasteiger partial charge in [0.1, 0.15) is 11.9 Å². The van der Waals surface area contributed by atoms with E-state index in [1.165, 1.54) is 0 Å². The van der Waals surface area contributed by atoms with Crippen LogP contribution in [0.1, 0.15) is 32.6 Å². The van der Waals surface area contributed by atoms with Crippen molar-refractivity contribution in [3.63, 3.8) is 0 Å². The third-order valence-electron chi connectivity index (χ3n) is 7.46. The van der Waals surface area contributed by atoms with Crippen molar-refractivity contribution in [3.05, 3.63) is 36.4 Å². The molecular formula is C25H34N6O3S. The average molecular weight is 499 g/mol. The number of likely N-dealkylation sites (N-methyl/N-ethyl adjacent to an activating group) is 1. The molecule has 5 rings (SSSR count). The largest absolute Gasteiger partial charge is 0.340 e. The van der Waals surface area contributed by atoms with Crippen molar-refractivity contribution >= 4 is 38.9 Å². The third-order valence-corrected chi connectivity index (χ3v) is 9.35. The summed E-state index contributed by atoms with van der Waals surface area (Å²) in [7, 11) is 0.423. The Bertz CT molecular complexity index is 1210. The molecule has 9 nitrogen and oxygen atoms in total. The van der Waals surface area contributed by atoms with Gasteiger partial charge in [0.05, 0.1) is 10.6 Å². The number of hydrogen-bond acceptors (Lipinski definition) is 7. The Morgan fingerprint density at radius 1 is 1.00 bits per heavy atom. The van der Waals surface area contributed by atoms with E-state index < -0.39 is 10.0 Å². The van der Waals surface area contributed by atoms with E-state index in [9.17, 15) is 13.2 Å². The number of amides is 1. The van der Waals surface area contributed by atoms with Gasteiger partial charge in [0.25, 0.3) is 0 Å². The molecule has 3 aliphatic heterocycles. The Kier molecular flexibility index (Phi) is 6.45. The number of piperidine rings is 1. The monoisotopic (exact) mass is 498 g/mol. The van der Waals surface area contributed by atoms with Gasteiger partial charge in [-0.1, -0.05) is 6.07 Å². The molecule has 1 atom stereocenters. The third kappa shape index (κ3) is 4.50. The quantitative estimate of drug-likeness (QED) is 0.678. The highest BCUT2D eigenvalue weighted by atomic mass is 32.2. The first-order valence-electron chi connectivity index (χ1n) is 12.4. The van der Waals surface area contributed by atoms with Crippen LogP contribution in [0.25, 0.3) is 0 Å². The van der Waals surface area contributed by atoms with Gasteiger partial charge in [-0.3, -0.25) is 4.79 Å². The van der Waals surface area contributed by atoms with Gasteiger partial charge >= 0.3 is 0 Å². The van der Waals surface area contributed by atoms with E-state index in [0.717, 1.165) is 50.3 Å². The van der Waals surface area contributed by atoms with Gasteiger partial charge in [-0.2, -0.15) is 4.31 Å². The van der Waals surface area contributed by atoms with Gasteiger partial charge in [-0.15, -0.1) is 0 Å². The van der Waals surface area contributed by atoms with E-state index in [4.69, 9.17) is 4.98 Å². The molecule has 1 unspecified atom stereocenters. The van der Waals surface area contributed by atoms with Crippen LogP contribution in [0, 0.1) is 0 Å². The maximum absolute atomic E-state index is 13.0. The fraction of sp³-hybridized carbons (Fsp3) is 0.520. The van der Waals surface area contributed by atoms with Crippen LogP contribution in [0.15, 0.2) is 41.3 Å². The van der Waals surface area contributed by atoms with Crippen LogP contribution >= 0.6 is 0 Å². The van der Waals surface area contributed by atoms with Crippen molar-refractivity contribution in [1.82, 2.24) is 14.2 Å². The maximum Gasteiger partial charge on any atom is 0.249 e. The molecule has 1 amide bonds. The molecule has 10 heteroatoms. The van der Waals surface area contributed by atoms with Crippen LogP contribution in [0.2, 0.25) is 0 Å². The Balaban J connectivity index is 1.44. The molecule has 2 fully saturated rings. The Labute approximate surface area is 207 Å². The predicted octanol–water partition coefficient (Wildman–Crippen LogP) is 2.88. The molecule has 2 aromatic rings. The average Bonchev–Trinajstić information content (AvgIpc) is 3.40.